The number of carbonyl (C=O) groups is 2. The van der Waals surface area contributed by atoms with Gasteiger partial charge in [-0.1, -0.05) is 12.1 Å². The van der Waals surface area contributed by atoms with Crippen LogP contribution in [0.25, 0.3) is 0 Å². The zero-order valence-electron chi connectivity index (χ0n) is 21.4. The van der Waals surface area contributed by atoms with Crippen molar-refractivity contribution in [1.29, 1.82) is 5.26 Å². The molecule has 0 unspecified atom stereocenters. The summed E-state index contributed by atoms with van der Waals surface area (Å²) in [5.41, 5.74) is 2.33. The second-order valence-corrected chi connectivity index (χ2v) is 8.70. The summed E-state index contributed by atoms with van der Waals surface area (Å²) in [4.78, 5) is 37.6. The van der Waals surface area contributed by atoms with Crippen molar-refractivity contribution in [3.05, 3.63) is 66.0 Å². The lowest BCUT2D eigenvalue weighted by molar-refractivity contribution is -0.144. The number of benzene rings is 2. The van der Waals surface area contributed by atoms with Gasteiger partial charge in [0, 0.05) is 49.3 Å². The highest BCUT2D eigenvalue weighted by Gasteiger charge is 2.21. The molecule has 2 aromatic carbocycles. The Hall–Kier alpha value is -4.69. The first-order valence-corrected chi connectivity index (χ1v) is 12.4. The standard InChI is InChI=1S/C27H30N8O3/c1-3-38-26(36)18-34-10-12-35(13-11-34)25-16-24(29-19(2)30-25)31-22-8-5-9-23(15-22)33-27(37)32-21-7-4-6-20(14-21)17-28/h4-9,14-16H,3,10-13,18H2,1-2H3,(H,29,30,31)(H2,32,33,37). The van der Waals surface area contributed by atoms with Crippen LogP contribution in [0.3, 0.4) is 0 Å². The Morgan fingerprint density at radius 3 is 2.37 bits per heavy atom. The van der Waals surface area contributed by atoms with Gasteiger partial charge in [0.25, 0.3) is 0 Å². The van der Waals surface area contributed by atoms with E-state index in [1.807, 2.05) is 25.1 Å². The fourth-order valence-corrected chi connectivity index (χ4v) is 4.08. The van der Waals surface area contributed by atoms with Crippen molar-refractivity contribution in [2.75, 3.05) is 60.2 Å². The molecule has 1 aromatic heterocycles. The van der Waals surface area contributed by atoms with Crippen LogP contribution in [-0.4, -0.2) is 66.2 Å². The lowest BCUT2D eigenvalue weighted by Gasteiger charge is -2.35. The number of piperazine rings is 1. The minimum absolute atomic E-state index is 0.201. The van der Waals surface area contributed by atoms with Crippen LogP contribution < -0.4 is 20.9 Å². The monoisotopic (exact) mass is 514 g/mol. The number of hydrogen-bond donors (Lipinski definition) is 3. The van der Waals surface area contributed by atoms with Crippen LogP contribution in [0.15, 0.2) is 54.6 Å². The summed E-state index contributed by atoms with van der Waals surface area (Å²) >= 11 is 0. The number of esters is 1. The molecule has 38 heavy (non-hydrogen) atoms. The molecule has 0 saturated carbocycles. The number of aryl methyl sites for hydroxylation is 1. The normalized spacial score (nSPS) is 13.3. The second-order valence-electron chi connectivity index (χ2n) is 8.70. The first kappa shape index (κ1) is 26.4. The molecule has 4 rings (SSSR count). The Kier molecular flexibility index (Phi) is 8.69. The number of anilines is 5. The Balaban J connectivity index is 1.37. The number of nitriles is 1. The number of nitrogens with one attached hydrogen (secondary N) is 3. The first-order valence-electron chi connectivity index (χ1n) is 12.4. The predicted molar refractivity (Wildman–Crippen MR) is 146 cm³/mol. The first-order chi connectivity index (χ1) is 18.4. The van der Waals surface area contributed by atoms with Crippen molar-refractivity contribution in [3.8, 4) is 6.07 Å². The van der Waals surface area contributed by atoms with Crippen molar-refractivity contribution < 1.29 is 14.3 Å². The number of carbonyl (C=O) groups excluding carboxylic acids is 2. The molecular weight excluding hydrogens is 484 g/mol. The van der Waals surface area contributed by atoms with E-state index in [2.05, 4.69) is 41.8 Å². The largest absolute Gasteiger partial charge is 0.465 e. The lowest BCUT2D eigenvalue weighted by atomic mass is 10.2. The maximum absolute atomic E-state index is 12.4. The summed E-state index contributed by atoms with van der Waals surface area (Å²) in [6.45, 7) is 7.28. The zero-order valence-corrected chi connectivity index (χ0v) is 21.4. The number of ether oxygens (including phenoxy) is 1. The number of nitrogens with zero attached hydrogens (tertiary/aromatic N) is 5. The van der Waals surface area contributed by atoms with Gasteiger partial charge in [0.2, 0.25) is 0 Å². The zero-order chi connectivity index (χ0) is 26.9. The van der Waals surface area contributed by atoms with Gasteiger partial charge in [-0.05, 0) is 50.2 Å². The molecule has 196 valence electrons. The SMILES string of the molecule is CCOC(=O)CN1CCN(c2cc(Nc3cccc(NC(=O)Nc4cccc(C#N)c4)c3)nc(C)n2)CC1. The molecule has 11 nitrogen and oxygen atoms in total. The Bertz CT molecular complexity index is 1330. The van der Waals surface area contributed by atoms with Gasteiger partial charge >= 0.3 is 12.0 Å². The van der Waals surface area contributed by atoms with Gasteiger partial charge in [0.05, 0.1) is 24.8 Å². The van der Waals surface area contributed by atoms with Gasteiger partial charge in [-0.2, -0.15) is 5.26 Å². The minimum atomic E-state index is -0.417. The number of aromatic nitrogens is 2. The van der Waals surface area contributed by atoms with Gasteiger partial charge in [-0.15, -0.1) is 0 Å². The highest BCUT2D eigenvalue weighted by atomic mass is 16.5. The fourth-order valence-electron chi connectivity index (χ4n) is 4.08. The van der Waals surface area contributed by atoms with Crippen LogP contribution in [-0.2, 0) is 9.53 Å². The molecule has 1 fully saturated rings. The number of rotatable bonds is 8. The summed E-state index contributed by atoms with van der Waals surface area (Å²) in [7, 11) is 0. The van der Waals surface area contributed by atoms with Crippen LogP contribution in [0, 0.1) is 18.3 Å². The Labute approximate surface area is 221 Å². The molecule has 0 bridgehead atoms. The predicted octanol–water partition coefficient (Wildman–Crippen LogP) is 3.73. The minimum Gasteiger partial charge on any atom is -0.465 e. The van der Waals surface area contributed by atoms with E-state index in [1.54, 1.807) is 43.3 Å². The molecule has 1 aliphatic heterocycles. The molecule has 0 spiro atoms. The molecule has 2 amide bonds. The molecule has 3 aromatic rings. The smallest absolute Gasteiger partial charge is 0.323 e. The van der Waals surface area contributed by atoms with E-state index in [-0.39, 0.29) is 5.97 Å². The molecule has 0 radical (unpaired) electrons. The third-order valence-corrected chi connectivity index (χ3v) is 5.82. The summed E-state index contributed by atoms with van der Waals surface area (Å²) in [5.74, 6) is 1.88. The molecular formula is C27H30N8O3. The maximum atomic E-state index is 12.4. The summed E-state index contributed by atoms with van der Waals surface area (Å²) in [5, 5.41) is 17.9. The lowest BCUT2D eigenvalue weighted by Crippen LogP contribution is -2.48. The van der Waals surface area contributed by atoms with Crippen LogP contribution >= 0.6 is 0 Å². The molecule has 0 aliphatic carbocycles. The second kappa shape index (κ2) is 12.5. The van der Waals surface area contributed by atoms with Crippen LogP contribution in [0.4, 0.5) is 33.5 Å². The van der Waals surface area contributed by atoms with Crippen molar-refractivity contribution in [1.82, 2.24) is 14.9 Å². The molecule has 1 saturated heterocycles. The van der Waals surface area contributed by atoms with E-state index in [0.29, 0.717) is 41.7 Å². The molecule has 0 atom stereocenters. The molecule has 1 aliphatic rings. The highest BCUT2D eigenvalue weighted by Crippen LogP contribution is 2.23. The van der Waals surface area contributed by atoms with E-state index in [9.17, 15) is 9.59 Å². The van der Waals surface area contributed by atoms with Gasteiger partial charge in [0.15, 0.2) is 0 Å². The van der Waals surface area contributed by atoms with Gasteiger partial charge in [-0.3, -0.25) is 9.69 Å². The van der Waals surface area contributed by atoms with Gasteiger partial charge < -0.3 is 25.6 Å². The number of amides is 2. The van der Waals surface area contributed by atoms with E-state index >= 15 is 0 Å². The number of urea groups is 1. The third kappa shape index (κ3) is 7.41. The van der Waals surface area contributed by atoms with Crippen LogP contribution in [0.1, 0.15) is 18.3 Å². The van der Waals surface area contributed by atoms with E-state index < -0.39 is 6.03 Å². The van der Waals surface area contributed by atoms with Gasteiger partial charge in [0.1, 0.15) is 17.5 Å². The van der Waals surface area contributed by atoms with E-state index in [0.717, 1.165) is 37.7 Å². The quantitative estimate of drug-likeness (QED) is 0.384. The third-order valence-electron chi connectivity index (χ3n) is 5.82. The van der Waals surface area contributed by atoms with Crippen molar-refractivity contribution in [2.45, 2.75) is 13.8 Å². The van der Waals surface area contributed by atoms with Crippen LogP contribution in [0.2, 0.25) is 0 Å². The van der Waals surface area contributed by atoms with Crippen molar-refractivity contribution >= 4 is 40.7 Å². The van der Waals surface area contributed by atoms with Crippen LogP contribution in [0.5, 0.6) is 0 Å². The topological polar surface area (TPSA) is 136 Å². The van der Waals surface area contributed by atoms with E-state index in [1.165, 1.54) is 0 Å². The van der Waals surface area contributed by atoms with E-state index in [4.69, 9.17) is 10.00 Å². The summed E-state index contributed by atoms with van der Waals surface area (Å²) in [6.07, 6.45) is 0. The average Bonchev–Trinajstić information content (AvgIpc) is 2.89. The average molecular weight is 515 g/mol. The molecule has 2 heterocycles. The summed E-state index contributed by atoms with van der Waals surface area (Å²) < 4.78 is 5.05. The van der Waals surface area contributed by atoms with Crippen molar-refractivity contribution in [3.63, 3.8) is 0 Å². The Morgan fingerprint density at radius 2 is 1.66 bits per heavy atom. The maximum Gasteiger partial charge on any atom is 0.323 e. The number of hydrogen-bond acceptors (Lipinski definition) is 9. The summed E-state index contributed by atoms with van der Waals surface area (Å²) in [6, 6.07) is 17.5. The fraction of sp³-hybridized carbons (Fsp3) is 0.296. The molecule has 3 N–H and O–H groups in total. The van der Waals surface area contributed by atoms with Gasteiger partial charge in [-0.25, -0.2) is 14.8 Å². The highest BCUT2D eigenvalue weighted by molar-refractivity contribution is 6.00. The Morgan fingerprint density at radius 1 is 0.974 bits per heavy atom. The molecule has 11 heteroatoms. The van der Waals surface area contributed by atoms with Crippen molar-refractivity contribution in [2.24, 2.45) is 0 Å².